The zero-order valence-corrected chi connectivity index (χ0v) is 6.74. The molecule has 0 amide bonds. The standard InChI is InChI=1S/C9H16O2/c10-4-8-6-1-2-7(3-6)9(8)5-11/h6-11H,1-5H2/t6-,7+,8+,9?/m0/s1. The van der Waals surface area contributed by atoms with Gasteiger partial charge in [-0.3, -0.25) is 0 Å². The smallest absolute Gasteiger partial charge is 0.0465 e. The van der Waals surface area contributed by atoms with E-state index >= 15 is 0 Å². The molecule has 2 bridgehead atoms. The van der Waals surface area contributed by atoms with Crippen LogP contribution in [0.3, 0.4) is 0 Å². The largest absolute Gasteiger partial charge is 0.396 e. The molecule has 0 heterocycles. The van der Waals surface area contributed by atoms with Crippen LogP contribution >= 0.6 is 0 Å². The molecule has 2 fully saturated rings. The van der Waals surface area contributed by atoms with Crippen LogP contribution in [0.25, 0.3) is 0 Å². The van der Waals surface area contributed by atoms with Crippen molar-refractivity contribution in [1.29, 1.82) is 0 Å². The van der Waals surface area contributed by atoms with Crippen LogP contribution in [-0.4, -0.2) is 23.4 Å². The van der Waals surface area contributed by atoms with Crippen LogP contribution in [0, 0.1) is 23.7 Å². The maximum atomic E-state index is 9.08. The quantitative estimate of drug-likeness (QED) is 0.615. The summed E-state index contributed by atoms with van der Waals surface area (Å²) in [6.45, 7) is 0.568. The van der Waals surface area contributed by atoms with Crippen LogP contribution in [0.4, 0.5) is 0 Å². The third kappa shape index (κ3) is 1.00. The summed E-state index contributed by atoms with van der Waals surface area (Å²) >= 11 is 0. The van der Waals surface area contributed by atoms with Crippen LogP contribution in [0.15, 0.2) is 0 Å². The maximum Gasteiger partial charge on any atom is 0.0465 e. The molecular weight excluding hydrogens is 140 g/mol. The van der Waals surface area contributed by atoms with Crippen molar-refractivity contribution in [3.8, 4) is 0 Å². The average Bonchev–Trinajstić information content (AvgIpc) is 2.60. The second-order valence-electron chi connectivity index (χ2n) is 4.03. The molecule has 2 rings (SSSR count). The molecule has 2 aliphatic carbocycles. The fourth-order valence-electron chi connectivity index (χ4n) is 3.10. The molecule has 11 heavy (non-hydrogen) atoms. The first-order valence-electron chi connectivity index (χ1n) is 4.58. The molecule has 2 saturated carbocycles. The molecule has 1 unspecified atom stereocenters. The van der Waals surface area contributed by atoms with Gasteiger partial charge in [-0.2, -0.15) is 0 Å². The van der Waals surface area contributed by atoms with E-state index in [1.54, 1.807) is 0 Å². The summed E-state index contributed by atoms with van der Waals surface area (Å²) in [6, 6.07) is 0. The van der Waals surface area contributed by atoms with E-state index in [-0.39, 0.29) is 13.2 Å². The molecular formula is C9H16O2. The Bertz CT molecular complexity index is 130. The molecule has 0 spiro atoms. The summed E-state index contributed by atoms with van der Waals surface area (Å²) in [5.41, 5.74) is 0. The molecule has 2 N–H and O–H groups in total. The SMILES string of the molecule is OCC1[C@@H]2CC[C@@H](C2)[C@H]1CO. The second-order valence-corrected chi connectivity index (χ2v) is 4.03. The molecule has 2 heteroatoms. The van der Waals surface area contributed by atoms with E-state index in [9.17, 15) is 0 Å². The lowest BCUT2D eigenvalue weighted by Crippen LogP contribution is -2.27. The number of aliphatic hydroxyl groups excluding tert-OH is 2. The Labute approximate surface area is 67.2 Å². The summed E-state index contributed by atoms with van der Waals surface area (Å²) < 4.78 is 0. The zero-order valence-electron chi connectivity index (χ0n) is 6.74. The third-order valence-electron chi connectivity index (χ3n) is 3.70. The highest BCUT2D eigenvalue weighted by atomic mass is 16.3. The monoisotopic (exact) mass is 156 g/mol. The first kappa shape index (κ1) is 7.56. The molecule has 0 radical (unpaired) electrons. The molecule has 2 nitrogen and oxygen atoms in total. The molecule has 0 aliphatic heterocycles. The van der Waals surface area contributed by atoms with E-state index in [4.69, 9.17) is 10.2 Å². The van der Waals surface area contributed by atoms with Gasteiger partial charge in [0.25, 0.3) is 0 Å². The molecule has 0 aromatic heterocycles. The van der Waals surface area contributed by atoms with E-state index in [2.05, 4.69) is 0 Å². The Morgan fingerprint density at radius 2 is 1.36 bits per heavy atom. The van der Waals surface area contributed by atoms with Crippen LogP contribution in [-0.2, 0) is 0 Å². The van der Waals surface area contributed by atoms with Crippen molar-refractivity contribution in [3.63, 3.8) is 0 Å². The molecule has 0 aromatic carbocycles. The fraction of sp³-hybridized carbons (Fsp3) is 1.00. The fourth-order valence-corrected chi connectivity index (χ4v) is 3.10. The zero-order chi connectivity index (χ0) is 7.84. The van der Waals surface area contributed by atoms with Crippen molar-refractivity contribution in [3.05, 3.63) is 0 Å². The Hall–Kier alpha value is -0.0800. The number of hydrogen-bond acceptors (Lipinski definition) is 2. The third-order valence-corrected chi connectivity index (χ3v) is 3.70. The predicted octanol–water partition coefficient (Wildman–Crippen LogP) is 0.633. The van der Waals surface area contributed by atoms with E-state index in [1.807, 2.05) is 0 Å². The highest BCUT2D eigenvalue weighted by molar-refractivity contribution is 4.95. The summed E-state index contributed by atoms with van der Waals surface area (Å²) in [7, 11) is 0. The molecule has 64 valence electrons. The van der Waals surface area contributed by atoms with Gasteiger partial charge in [0.05, 0.1) is 0 Å². The first-order chi connectivity index (χ1) is 5.36. The van der Waals surface area contributed by atoms with Gasteiger partial charge in [0, 0.05) is 13.2 Å². The van der Waals surface area contributed by atoms with Crippen molar-refractivity contribution in [2.75, 3.05) is 13.2 Å². The van der Waals surface area contributed by atoms with Crippen LogP contribution in [0.5, 0.6) is 0 Å². The lowest BCUT2D eigenvalue weighted by Gasteiger charge is -2.27. The highest BCUT2D eigenvalue weighted by Gasteiger charge is 2.46. The van der Waals surface area contributed by atoms with Crippen LogP contribution in [0.2, 0.25) is 0 Å². The summed E-state index contributed by atoms with van der Waals surface area (Å²) in [5, 5.41) is 18.2. The number of fused-ring (bicyclic) bond motifs is 2. The van der Waals surface area contributed by atoms with E-state index in [1.165, 1.54) is 19.3 Å². The molecule has 0 aromatic rings. The van der Waals surface area contributed by atoms with Crippen molar-refractivity contribution in [2.45, 2.75) is 19.3 Å². The van der Waals surface area contributed by atoms with Gasteiger partial charge in [-0.05, 0) is 42.9 Å². The van der Waals surface area contributed by atoms with Gasteiger partial charge in [0.15, 0.2) is 0 Å². The van der Waals surface area contributed by atoms with Gasteiger partial charge in [0.1, 0.15) is 0 Å². The number of aliphatic hydroxyl groups is 2. The van der Waals surface area contributed by atoms with Gasteiger partial charge in [-0.15, -0.1) is 0 Å². The van der Waals surface area contributed by atoms with Gasteiger partial charge in [0.2, 0.25) is 0 Å². The molecule has 0 saturated heterocycles. The lowest BCUT2D eigenvalue weighted by molar-refractivity contribution is 0.0791. The van der Waals surface area contributed by atoms with Crippen molar-refractivity contribution in [2.24, 2.45) is 23.7 Å². The van der Waals surface area contributed by atoms with E-state index in [0.717, 1.165) is 11.8 Å². The Morgan fingerprint density at radius 1 is 0.909 bits per heavy atom. The van der Waals surface area contributed by atoms with E-state index in [0.29, 0.717) is 11.8 Å². The molecule has 4 atom stereocenters. The lowest BCUT2D eigenvalue weighted by atomic mass is 9.80. The minimum absolute atomic E-state index is 0.284. The van der Waals surface area contributed by atoms with Crippen LogP contribution in [0.1, 0.15) is 19.3 Å². The van der Waals surface area contributed by atoms with Crippen molar-refractivity contribution < 1.29 is 10.2 Å². The summed E-state index contributed by atoms with van der Waals surface area (Å²) in [5.74, 6) is 2.28. The topological polar surface area (TPSA) is 40.5 Å². The first-order valence-corrected chi connectivity index (χ1v) is 4.58. The maximum absolute atomic E-state index is 9.08. The Morgan fingerprint density at radius 3 is 1.73 bits per heavy atom. The van der Waals surface area contributed by atoms with Gasteiger partial charge in [-0.1, -0.05) is 0 Å². The second kappa shape index (κ2) is 2.76. The Balaban J connectivity index is 2.08. The Kier molecular flexibility index (Phi) is 1.90. The van der Waals surface area contributed by atoms with Gasteiger partial charge in [-0.25, -0.2) is 0 Å². The number of hydrogen-bond donors (Lipinski definition) is 2. The summed E-state index contributed by atoms with van der Waals surface area (Å²) in [6.07, 6.45) is 3.83. The minimum Gasteiger partial charge on any atom is -0.396 e. The average molecular weight is 156 g/mol. The van der Waals surface area contributed by atoms with Crippen molar-refractivity contribution in [1.82, 2.24) is 0 Å². The highest BCUT2D eigenvalue weighted by Crippen LogP contribution is 2.51. The molecule has 2 aliphatic rings. The number of rotatable bonds is 2. The van der Waals surface area contributed by atoms with Gasteiger partial charge >= 0.3 is 0 Å². The predicted molar refractivity (Wildman–Crippen MR) is 42.0 cm³/mol. The summed E-state index contributed by atoms with van der Waals surface area (Å²) in [4.78, 5) is 0. The van der Waals surface area contributed by atoms with E-state index < -0.39 is 0 Å². The van der Waals surface area contributed by atoms with Crippen molar-refractivity contribution >= 4 is 0 Å². The van der Waals surface area contributed by atoms with Crippen LogP contribution < -0.4 is 0 Å². The van der Waals surface area contributed by atoms with Gasteiger partial charge < -0.3 is 10.2 Å². The minimum atomic E-state index is 0.284. The normalized spacial score (nSPS) is 48.5.